The summed E-state index contributed by atoms with van der Waals surface area (Å²) < 4.78 is 4.66. The standard InChI is InChI=1S/C23H24N4O4/c1-31-23(30)16-6-8-18(9-7-16)24-21(28)15-26-10-12-27(13-11-26)22(29)20-14-17-4-2-3-5-19(17)25-20/h2-9,14,25H,10-13,15H2,1H3,(H,24,28). The van der Waals surface area contributed by atoms with Crippen molar-refractivity contribution in [2.75, 3.05) is 45.2 Å². The molecule has 1 aromatic heterocycles. The molecule has 1 aliphatic rings. The van der Waals surface area contributed by atoms with Gasteiger partial charge in [0.2, 0.25) is 5.91 Å². The molecule has 1 fully saturated rings. The topological polar surface area (TPSA) is 94.7 Å². The van der Waals surface area contributed by atoms with Crippen LogP contribution in [0.15, 0.2) is 54.6 Å². The van der Waals surface area contributed by atoms with Crippen molar-refractivity contribution in [2.45, 2.75) is 0 Å². The van der Waals surface area contributed by atoms with E-state index in [1.165, 1.54) is 7.11 Å². The Labute approximate surface area is 179 Å². The summed E-state index contributed by atoms with van der Waals surface area (Å²) >= 11 is 0. The summed E-state index contributed by atoms with van der Waals surface area (Å²) in [5, 5.41) is 3.84. The fraction of sp³-hybridized carbons (Fsp3) is 0.261. The lowest BCUT2D eigenvalue weighted by Gasteiger charge is -2.34. The van der Waals surface area contributed by atoms with Gasteiger partial charge in [-0.15, -0.1) is 0 Å². The first-order valence-electron chi connectivity index (χ1n) is 10.1. The molecule has 0 atom stereocenters. The van der Waals surface area contributed by atoms with Crippen molar-refractivity contribution in [3.05, 3.63) is 65.9 Å². The predicted molar refractivity (Wildman–Crippen MR) is 117 cm³/mol. The molecule has 160 valence electrons. The Balaban J connectivity index is 1.27. The first kappa shape index (κ1) is 20.6. The minimum absolute atomic E-state index is 0.0222. The molecule has 0 radical (unpaired) electrons. The molecule has 4 rings (SSSR count). The summed E-state index contributed by atoms with van der Waals surface area (Å²) in [4.78, 5) is 43.6. The Hall–Kier alpha value is -3.65. The molecule has 0 unspecified atom stereocenters. The van der Waals surface area contributed by atoms with Gasteiger partial charge in [-0.1, -0.05) is 18.2 Å². The van der Waals surface area contributed by atoms with E-state index in [4.69, 9.17) is 0 Å². The van der Waals surface area contributed by atoms with E-state index in [-0.39, 0.29) is 18.4 Å². The number of rotatable bonds is 5. The van der Waals surface area contributed by atoms with Crippen molar-refractivity contribution in [3.8, 4) is 0 Å². The number of H-pyrrole nitrogens is 1. The molecule has 2 heterocycles. The molecule has 0 bridgehead atoms. The highest BCUT2D eigenvalue weighted by Gasteiger charge is 2.24. The number of esters is 1. The zero-order valence-electron chi connectivity index (χ0n) is 17.3. The van der Waals surface area contributed by atoms with E-state index in [0.717, 1.165) is 10.9 Å². The van der Waals surface area contributed by atoms with Gasteiger partial charge >= 0.3 is 5.97 Å². The smallest absolute Gasteiger partial charge is 0.337 e. The monoisotopic (exact) mass is 420 g/mol. The average Bonchev–Trinajstić information content (AvgIpc) is 3.23. The van der Waals surface area contributed by atoms with E-state index in [1.807, 2.05) is 40.1 Å². The third kappa shape index (κ3) is 4.75. The predicted octanol–water partition coefficient (Wildman–Crippen LogP) is 2.35. The number of para-hydroxylation sites is 1. The molecule has 1 saturated heterocycles. The number of carbonyl (C=O) groups excluding carboxylic acids is 3. The summed E-state index contributed by atoms with van der Waals surface area (Å²) in [7, 11) is 1.32. The van der Waals surface area contributed by atoms with E-state index >= 15 is 0 Å². The zero-order chi connectivity index (χ0) is 21.8. The van der Waals surface area contributed by atoms with Crippen LogP contribution in [-0.4, -0.2) is 72.4 Å². The van der Waals surface area contributed by atoms with E-state index in [2.05, 4.69) is 15.0 Å². The van der Waals surface area contributed by atoms with Crippen LogP contribution in [0.3, 0.4) is 0 Å². The van der Waals surface area contributed by atoms with Gasteiger partial charge in [0.05, 0.1) is 19.2 Å². The fourth-order valence-corrected chi connectivity index (χ4v) is 3.68. The van der Waals surface area contributed by atoms with Crippen molar-refractivity contribution in [3.63, 3.8) is 0 Å². The van der Waals surface area contributed by atoms with Crippen LogP contribution in [-0.2, 0) is 9.53 Å². The number of aromatic nitrogens is 1. The number of methoxy groups -OCH3 is 1. The third-order valence-electron chi connectivity index (χ3n) is 5.38. The summed E-state index contributed by atoms with van der Waals surface area (Å²) in [5.41, 5.74) is 2.57. The molecule has 2 amide bonds. The fourth-order valence-electron chi connectivity index (χ4n) is 3.68. The second-order valence-electron chi connectivity index (χ2n) is 7.46. The van der Waals surface area contributed by atoms with Crippen molar-refractivity contribution in [2.24, 2.45) is 0 Å². The molecule has 2 aromatic carbocycles. The SMILES string of the molecule is COC(=O)c1ccc(NC(=O)CN2CCN(C(=O)c3cc4ccccc4[nH]3)CC2)cc1. The number of hydrogen-bond donors (Lipinski definition) is 2. The minimum Gasteiger partial charge on any atom is -0.465 e. The van der Waals surface area contributed by atoms with Crippen molar-refractivity contribution < 1.29 is 19.1 Å². The molecule has 0 spiro atoms. The largest absolute Gasteiger partial charge is 0.465 e. The second-order valence-corrected chi connectivity index (χ2v) is 7.46. The molecule has 3 aromatic rings. The Bertz CT molecular complexity index is 1070. The number of nitrogens with zero attached hydrogens (tertiary/aromatic N) is 2. The number of ether oxygens (including phenoxy) is 1. The van der Waals surface area contributed by atoms with Gasteiger partial charge in [-0.2, -0.15) is 0 Å². The van der Waals surface area contributed by atoms with Crippen molar-refractivity contribution in [1.82, 2.24) is 14.8 Å². The van der Waals surface area contributed by atoms with Crippen LogP contribution in [0.1, 0.15) is 20.8 Å². The molecule has 8 nitrogen and oxygen atoms in total. The molecule has 0 saturated carbocycles. The maximum Gasteiger partial charge on any atom is 0.337 e. The maximum absolute atomic E-state index is 12.8. The van der Waals surface area contributed by atoms with Gasteiger partial charge in [0.25, 0.3) is 5.91 Å². The lowest BCUT2D eigenvalue weighted by Crippen LogP contribution is -2.50. The van der Waals surface area contributed by atoms with E-state index < -0.39 is 5.97 Å². The zero-order valence-corrected chi connectivity index (χ0v) is 17.3. The van der Waals surface area contributed by atoms with Crippen LogP contribution in [0.4, 0.5) is 5.69 Å². The van der Waals surface area contributed by atoms with Crippen LogP contribution >= 0.6 is 0 Å². The van der Waals surface area contributed by atoms with Gasteiger partial charge in [0.15, 0.2) is 0 Å². The number of piperazine rings is 1. The van der Waals surface area contributed by atoms with Crippen molar-refractivity contribution >= 4 is 34.4 Å². The van der Waals surface area contributed by atoms with Crippen LogP contribution in [0, 0.1) is 0 Å². The van der Waals surface area contributed by atoms with Crippen LogP contribution in [0.2, 0.25) is 0 Å². The van der Waals surface area contributed by atoms with Crippen LogP contribution < -0.4 is 5.32 Å². The first-order chi connectivity index (χ1) is 15.0. The number of benzene rings is 2. The highest BCUT2D eigenvalue weighted by molar-refractivity contribution is 5.98. The summed E-state index contributed by atoms with van der Waals surface area (Å²) in [5.74, 6) is -0.579. The molecule has 2 N–H and O–H groups in total. The quantitative estimate of drug-likeness (QED) is 0.618. The number of nitrogens with one attached hydrogen (secondary N) is 2. The average molecular weight is 420 g/mol. The third-order valence-corrected chi connectivity index (χ3v) is 5.38. The number of anilines is 1. The van der Waals surface area contributed by atoms with Gasteiger partial charge in [-0.3, -0.25) is 14.5 Å². The van der Waals surface area contributed by atoms with E-state index in [9.17, 15) is 14.4 Å². The summed E-state index contributed by atoms with van der Waals surface area (Å²) in [6.07, 6.45) is 0. The molecular formula is C23H24N4O4. The van der Waals surface area contributed by atoms with Gasteiger partial charge in [0, 0.05) is 42.8 Å². The molecule has 0 aliphatic carbocycles. The Kier molecular flexibility index (Phi) is 5.99. The second kappa shape index (κ2) is 9.01. The van der Waals surface area contributed by atoms with E-state index in [1.54, 1.807) is 24.3 Å². The lowest BCUT2D eigenvalue weighted by molar-refractivity contribution is -0.117. The molecular weight excluding hydrogens is 396 g/mol. The number of hydrogen-bond acceptors (Lipinski definition) is 5. The summed E-state index contributed by atoms with van der Waals surface area (Å²) in [6.45, 7) is 2.62. The normalized spacial score (nSPS) is 14.4. The van der Waals surface area contributed by atoms with Crippen molar-refractivity contribution in [1.29, 1.82) is 0 Å². The first-order valence-corrected chi connectivity index (χ1v) is 10.1. The molecule has 8 heteroatoms. The maximum atomic E-state index is 12.8. The summed E-state index contributed by atoms with van der Waals surface area (Å²) in [6, 6.07) is 16.2. The van der Waals surface area contributed by atoms with Gasteiger partial charge in [-0.25, -0.2) is 4.79 Å². The van der Waals surface area contributed by atoms with Gasteiger partial charge in [-0.05, 0) is 36.4 Å². The number of carbonyl (C=O) groups is 3. The molecule has 31 heavy (non-hydrogen) atoms. The van der Waals surface area contributed by atoms with Gasteiger partial charge in [0.1, 0.15) is 5.69 Å². The Morgan fingerprint density at radius 1 is 1.00 bits per heavy atom. The van der Waals surface area contributed by atoms with Crippen LogP contribution in [0.25, 0.3) is 10.9 Å². The van der Waals surface area contributed by atoms with Crippen LogP contribution in [0.5, 0.6) is 0 Å². The Morgan fingerprint density at radius 3 is 2.39 bits per heavy atom. The number of amides is 2. The number of aromatic amines is 1. The van der Waals surface area contributed by atoms with E-state index in [0.29, 0.717) is 43.1 Å². The van der Waals surface area contributed by atoms with Gasteiger partial charge < -0.3 is 19.9 Å². The highest BCUT2D eigenvalue weighted by atomic mass is 16.5. The highest BCUT2D eigenvalue weighted by Crippen LogP contribution is 2.17. The molecule has 1 aliphatic heterocycles. The minimum atomic E-state index is -0.419. The Morgan fingerprint density at radius 2 is 1.71 bits per heavy atom. The number of fused-ring (bicyclic) bond motifs is 1. The lowest BCUT2D eigenvalue weighted by atomic mass is 10.2.